The lowest BCUT2D eigenvalue weighted by atomic mass is 10.1. The summed E-state index contributed by atoms with van der Waals surface area (Å²) >= 11 is 0. The number of benzene rings is 1. The summed E-state index contributed by atoms with van der Waals surface area (Å²) in [4.78, 5) is 0. The molecule has 0 fully saturated rings. The van der Waals surface area contributed by atoms with Crippen LogP contribution in [0.1, 0.15) is 10.8 Å². The van der Waals surface area contributed by atoms with Gasteiger partial charge in [0.1, 0.15) is 5.82 Å². The minimum absolute atomic E-state index is 0.189. The highest BCUT2D eigenvalue weighted by Gasteiger charge is 2.50. The van der Waals surface area contributed by atoms with E-state index in [4.69, 9.17) is 0 Å². The number of hydrogen-bond donors (Lipinski definition) is 0. The number of alkyl halides is 3. The predicted octanol–water partition coefficient (Wildman–Crippen LogP) is 3.28. The Bertz CT molecular complexity index is 568. The van der Waals surface area contributed by atoms with Gasteiger partial charge in [0.25, 0.3) is 0 Å². The van der Waals surface area contributed by atoms with Crippen molar-refractivity contribution >= 4 is 19.7 Å². The maximum atomic E-state index is 13.1. The molecule has 1 unspecified atom stereocenters. The topological polar surface area (TPSA) is 34.1 Å². The van der Waals surface area contributed by atoms with E-state index in [1.165, 1.54) is 0 Å². The van der Waals surface area contributed by atoms with E-state index in [2.05, 4.69) is 10.7 Å². The van der Waals surface area contributed by atoms with Crippen molar-refractivity contribution in [3.8, 4) is 0 Å². The van der Waals surface area contributed by atoms with Gasteiger partial charge in [-0.2, -0.15) is 13.2 Å². The van der Waals surface area contributed by atoms with Gasteiger partial charge in [-0.05, 0) is 6.07 Å². The van der Waals surface area contributed by atoms with Gasteiger partial charge >= 0.3 is 6.18 Å². The number of halogens is 7. The van der Waals surface area contributed by atoms with Crippen molar-refractivity contribution in [3.05, 3.63) is 35.1 Å². The Kier molecular flexibility index (Phi) is 3.87. The van der Waals surface area contributed by atoms with E-state index < -0.39 is 43.5 Å². The summed E-state index contributed by atoms with van der Waals surface area (Å²) in [6, 6.07) is -0.381. The van der Waals surface area contributed by atoms with Crippen LogP contribution in [0.25, 0.3) is 0 Å². The van der Waals surface area contributed by atoms with Gasteiger partial charge in [0, 0.05) is 22.3 Å². The highest BCUT2D eigenvalue weighted by Crippen LogP contribution is 2.42. The summed E-state index contributed by atoms with van der Waals surface area (Å²) in [6.07, 6.45) is -5.47. The molecule has 0 aliphatic carbocycles. The van der Waals surface area contributed by atoms with Gasteiger partial charge in [0.05, 0.1) is 0 Å². The average Bonchev–Trinajstić information content (AvgIpc) is 2.09. The zero-order valence-electron chi connectivity index (χ0n) is 8.10. The van der Waals surface area contributed by atoms with E-state index >= 15 is 0 Å². The molecule has 102 valence electrons. The molecular weight excluding hydrogens is 310 g/mol. The van der Waals surface area contributed by atoms with Crippen LogP contribution in [0.15, 0.2) is 12.1 Å². The average molecular weight is 313 g/mol. The molecular formula is C8H3ClF6O2S. The summed E-state index contributed by atoms with van der Waals surface area (Å²) < 4.78 is 97.4. The molecule has 10 heteroatoms. The molecule has 0 aliphatic rings. The van der Waals surface area contributed by atoms with Gasteiger partial charge in [-0.25, -0.2) is 21.6 Å². The fourth-order valence-corrected chi connectivity index (χ4v) is 2.62. The van der Waals surface area contributed by atoms with Crippen LogP contribution < -0.4 is 0 Å². The molecule has 1 aromatic carbocycles. The van der Waals surface area contributed by atoms with Crippen LogP contribution in [-0.2, 0) is 9.05 Å². The minimum Gasteiger partial charge on any atom is -0.211 e. The molecule has 0 aliphatic heterocycles. The molecule has 0 bridgehead atoms. The van der Waals surface area contributed by atoms with Gasteiger partial charge in [-0.1, -0.05) is 0 Å². The predicted molar refractivity (Wildman–Crippen MR) is 49.9 cm³/mol. The lowest BCUT2D eigenvalue weighted by Crippen LogP contribution is -2.27. The lowest BCUT2D eigenvalue weighted by Gasteiger charge is -2.18. The zero-order chi connectivity index (χ0) is 14.3. The summed E-state index contributed by atoms with van der Waals surface area (Å²) in [5.74, 6) is -5.43. The number of hydrogen-bond acceptors (Lipinski definition) is 2. The molecule has 1 atom stereocenters. The van der Waals surface area contributed by atoms with Crippen molar-refractivity contribution < 1.29 is 34.8 Å². The smallest absolute Gasteiger partial charge is 0.211 e. The summed E-state index contributed by atoms with van der Waals surface area (Å²) in [5, 5.41) is -3.47. The molecule has 2 nitrogen and oxygen atoms in total. The van der Waals surface area contributed by atoms with E-state index in [1.54, 1.807) is 0 Å². The largest absolute Gasteiger partial charge is 0.410 e. The molecule has 0 saturated heterocycles. The van der Waals surface area contributed by atoms with E-state index in [0.29, 0.717) is 0 Å². The second kappa shape index (κ2) is 4.61. The van der Waals surface area contributed by atoms with Crippen LogP contribution in [0.4, 0.5) is 26.3 Å². The Morgan fingerprint density at radius 3 is 1.83 bits per heavy atom. The van der Waals surface area contributed by atoms with Crippen LogP contribution in [0.3, 0.4) is 0 Å². The quantitative estimate of drug-likeness (QED) is 0.477. The Hall–Kier alpha value is -0.960. The third-order valence-corrected chi connectivity index (χ3v) is 3.52. The Balaban J connectivity index is 3.55. The highest BCUT2D eigenvalue weighted by atomic mass is 35.7. The van der Waals surface area contributed by atoms with Crippen LogP contribution in [-0.4, -0.2) is 14.6 Å². The molecule has 0 N–H and O–H groups in total. The van der Waals surface area contributed by atoms with Crippen molar-refractivity contribution in [1.29, 1.82) is 0 Å². The molecule has 18 heavy (non-hydrogen) atoms. The summed E-state index contributed by atoms with van der Waals surface area (Å²) in [5.41, 5.74) is -1.60. The molecule has 0 saturated carbocycles. The van der Waals surface area contributed by atoms with Gasteiger partial charge in [0.2, 0.25) is 9.05 Å². The second-order valence-corrected chi connectivity index (χ2v) is 5.90. The van der Waals surface area contributed by atoms with Crippen LogP contribution in [0.5, 0.6) is 0 Å². The monoisotopic (exact) mass is 312 g/mol. The first-order chi connectivity index (χ1) is 7.94. The second-order valence-electron chi connectivity index (χ2n) is 3.19. The first-order valence-electron chi connectivity index (χ1n) is 4.09. The summed E-state index contributed by atoms with van der Waals surface area (Å²) in [6.45, 7) is 0. The maximum Gasteiger partial charge on any atom is 0.410 e. The SMILES string of the molecule is O=S(=O)(Cl)C(c1cc(F)c(F)cc1F)C(F)(F)F. The van der Waals surface area contributed by atoms with Gasteiger partial charge in [-0.15, -0.1) is 0 Å². The Labute approximate surface area is 102 Å². The standard InChI is InChI=1S/C8H3ClF6O2S/c9-18(16,17)7(8(13,14)15)3-1-5(11)6(12)2-4(3)10/h1-2,7H. The maximum absolute atomic E-state index is 13.1. The fourth-order valence-electron chi connectivity index (χ4n) is 1.23. The van der Waals surface area contributed by atoms with Crippen molar-refractivity contribution in [3.63, 3.8) is 0 Å². The van der Waals surface area contributed by atoms with E-state index in [-0.39, 0.29) is 12.1 Å². The normalized spacial score (nSPS) is 14.6. The fraction of sp³-hybridized carbons (Fsp3) is 0.250. The first kappa shape index (κ1) is 15.1. The summed E-state index contributed by atoms with van der Waals surface area (Å²) in [7, 11) is -0.758. The highest BCUT2D eigenvalue weighted by molar-refractivity contribution is 8.14. The first-order valence-corrected chi connectivity index (χ1v) is 6.46. The van der Waals surface area contributed by atoms with E-state index in [0.717, 1.165) is 0 Å². The third kappa shape index (κ3) is 3.08. The van der Waals surface area contributed by atoms with E-state index in [9.17, 15) is 34.8 Å². The van der Waals surface area contributed by atoms with E-state index in [1.807, 2.05) is 0 Å². The van der Waals surface area contributed by atoms with Gasteiger partial charge in [0.15, 0.2) is 16.9 Å². The van der Waals surface area contributed by atoms with Crippen LogP contribution in [0.2, 0.25) is 0 Å². The third-order valence-electron chi connectivity index (χ3n) is 1.90. The Morgan fingerprint density at radius 2 is 1.44 bits per heavy atom. The van der Waals surface area contributed by atoms with Gasteiger partial charge < -0.3 is 0 Å². The van der Waals surface area contributed by atoms with Gasteiger partial charge in [-0.3, -0.25) is 0 Å². The Morgan fingerprint density at radius 1 is 1.00 bits per heavy atom. The van der Waals surface area contributed by atoms with Crippen molar-refractivity contribution in [2.75, 3.05) is 0 Å². The minimum atomic E-state index is -5.47. The molecule has 0 aromatic heterocycles. The molecule has 0 spiro atoms. The van der Waals surface area contributed by atoms with Crippen LogP contribution >= 0.6 is 10.7 Å². The van der Waals surface area contributed by atoms with Crippen LogP contribution in [0, 0.1) is 17.5 Å². The molecule has 1 aromatic rings. The molecule has 0 amide bonds. The van der Waals surface area contributed by atoms with Crippen molar-refractivity contribution in [1.82, 2.24) is 0 Å². The van der Waals surface area contributed by atoms with Crippen molar-refractivity contribution in [2.45, 2.75) is 11.4 Å². The molecule has 0 radical (unpaired) electrons. The molecule has 1 rings (SSSR count). The zero-order valence-corrected chi connectivity index (χ0v) is 9.67. The molecule has 0 heterocycles. The lowest BCUT2D eigenvalue weighted by molar-refractivity contribution is -0.131. The number of rotatable bonds is 2. The van der Waals surface area contributed by atoms with Crippen molar-refractivity contribution in [2.24, 2.45) is 0 Å².